The second kappa shape index (κ2) is 5.95. The molecule has 1 amide bonds. The third-order valence-corrected chi connectivity index (χ3v) is 3.15. The van der Waals surface area contributed by atoms with Crippen molar-refractivity contribution < 1.29 is 14.0 Å². The zero-order valence-corrected chi connectivity index (χ0v) is 10.8. The number of benzene rings is 1. The van der Waals surface area contributed by atoms with Crippen molar-refractivity contribution in [2.75, 3.05) is 18.2 Å². The zero-order chi connectivity index (χ0) is 13.8. The molecule has 0 aliphatic carbocycles. The Bertz CT molecular complexity index is 502. The number of halogens is 1. The lowest BCUT2D eigenvalue weighted by molar-refractivity contribution is -0.129. The smallest absolute Gasteiger partial charge is 0.254 e. The molecule has 1 aromatic rings. The van der Waals surface area contributed by atoms with E-state index in [4.69, 9.17) is 10.6 Å². The maximum absolute atomic E-state index is 12.5. The van der Waals surface area contributed by atoms with E-state index in [1.165, 1.54) is 5.06 Å². The minimum atomic E-state index is -0.148. The minimum absolute atomic E-state index is 0.0280. The highest BCUT2D eigenvalue weighted by atomic mass is 19.1. The monoisotopic (exact) mass is 264 g/mol. The molecule has 1 heterocycles. The maximum Gasteiger partial charge on any atom is 0.254 e. The SMILES string of the molecule is CC1Cc2ccccc2N(OC/C(=C\F)CN)C1=O. The van der Waals surface area contributed by atoms with Crippen LogP contribution in [0, 0.1) is 5.92 Å². The lowest BCUT2D eigenvalue weighted by Gasteiger charge is -2.31. The van der Waals surface area contributed by atoms with Crippen molar-refractivity contribution in [2.24, 2.45) is 11.7 Å². The second-order valence-electron chi connectivity index (χ2n) is 4.61. The standard InChI is InChI=1S/C14H17FN2O2/c1-10-6-12-4-2-3-5-13(12)17(14(10)18)19-9-11(7-15)8-16/h2-5,7,10H,6,8-9,16H2,1H3/b11-7-. The highest BCUT2D eigenvalue weighted by Crippen LogP contribution is 2.30. The first-order valence-corrected chi connectivity index (χ1v) is 6.20. The molecule has 1 atom stereocenters. The van der Waals surface area contributed by atoms with Gasteiger partial charge < -0.3 is 5.73 Å². The Morgan fingerprint density at radius 1 is 1.58 bits per heavy atom. The lowest BCUT2D eigenvalue weighted by Crippen LogP contribution is -2.40. The predicted octanol–water partition coefficient (Wildman–Crippen LogP) is 1.96. The number of fused-ring (bicyclic) bond motifs is 1. The van der Waals surface area contributed by atoms with E-state index < -0.39 is 0 Å². The first-order chi connectivity index (χ1) is 9.17. The fraction of sp³-hybridized carbons (Fsp3) is 0.357. The Morgan fingerprint density at radius 3 is 3.00 bits per heavy atom. The van der Waals surface area contributed by atoms with E-state index in [1.807, 2.05) is 31.2 Å². The Hall–Kier alpha value is -1.72. The van der Waals surface area contributed by atoms with E-state index >= 15 is 0 Å². The number of amides is 1. The zero-order valence-electron chi connectivity index (χ0n) is 10.8. The number of nitrogens with zero attached hydrogens (tertiary/aromatic N) is 1. The molecule has 4 nitrogen and oxygen atoms in total. The quantitative estimate of drug-likeness (QED) is 0.904. The lowest BCUT2D eigenvalue weighted by atomic mass is 9.94. The fourth-order valence-electron chi connectivity index (χ4n) is 2.03. The van der Waals surface area contributed by atoms with Crippen molar-refractivity contribution >= 4 is 11.6 Å². The number of nitrogens with two attached hydrogens (primary N) is 1. The van der Waals surface area contributed by atoms with Gasteiger partial charge >= 0.3 is 0 Å². The molecular formula is C14H17FN2O2. The molecule has 1 aromatic carbocycles. The van der Waals surface area contributed by atoms with Crippen LogP contribution in [0.1, 0.15) is 12.5 Å². The largest absolute Gasteiger partial charge is 0.327 e. The summed E-state index contributed by atoms with van der Waals surface area (Å²) in [5, 5.41) is 1.25. The topological polar surface area (TPSA) is 55.6 Å². The summed E-state index contributed by atoms with van der Waals surface area (Å²) >= 11 is 0. The molecule has 0 spiro atoms. The number of hydrogen-bond acceptors (Lipinski definition) is 3. The van der Waals surface area contributed by atoms with E-state index in [0.717, 1.165) is 11.3 Å². The Kier molecular flexibility index (Phi) is 4.29. The molecule has 2 rings (SSSR count). The summed E-state index contributed by atoms with van der Waals surface area (Å²) in [6, 6.07) is 7.55. The maximum atomic E-state index is 12.5. The van der Waals surface area contributed by atoms with Crippen molar-refractivity contribution in [3.05, 3.63) is 41.7 Å². The highest BCUT2D eigenvalue weighted by Gasteiger charge is 2.30. The Balaban J connectivity index is 2.21. The Morgan fingerprint density at radius 2 is 2.32 bits per heavy atom. The van der Waals surface area contributed by atoms with Crippen molar-refractivity contribution in [3.63, 3.8) is 0 Å². The van der Waals surface area contributed by atoms with Crippen LogP contribution in [0.3, 0.4) is 0 Å². The third-order valence-electron chi connectivity index (χ3n) is 3.15. The van der Waals surface area contributed by atoms with Gasteiger partial charge in [-0.3, -0.25) is 9.63 Å². The molecule has 0 saturated carbocycles. The van der Waals surface area contributed by atoms with Gasteiger partial charge in [-0.05, 0) is 23.6 Å². The number of anilines is 1. The molecule has 0 radical (unpaired) electrons. The summed E-state index contributed by atoms with van der Waals surface area (Å²) in [5.41, 5.74) is 7.44. The van der Waals surface area contributed by atoms with Gasteiger partial charge in [-0.25, -0.2) is 4.39 Å². The van der Waals surface area contributed by atoms with Gasteiger partial charge in [0.1, 0.15) is 6.61 Å². The molecule has 1 aliphatic rings. The molecule has 1 aliphatic heterocycles. The minimum Gasteiger partial charge on any atom is -0.327 e. The van der Waals surface area contributed by atoms with E-state index in [1.54, 1.807) is 0 Å². The van der Waals surface area contributed by atoms with Crippen LogP contribution in [0.2, 0.25) is 0 Å². The molecule has 0 fully saturated rings. The summed E-state index contributed by atoms with van der Waals surface area (Å²) in [6.45, 7) is 1.89. The number of carbonyl (C=O) groups excluding carboxylic acids is 1. The normalized spacial score (nSPS) is 19.5. The number of para-hydroxylation sites is 1. The van der Waals surface area contributed by atoms with Crippen molar-refractivity contribution in [1.82, 2.24) is 0 Å². The summed E-state index contributed by atoms with van der Waals surface area (Å²) in [7, 11) is 0. The Labute approximate surface area is 111 Å². The van der Waals surface area contributed by atoms with Crippen LogP contribution in [0.5, 0.6) is 0 Å². The van der Waals surface area contributed by atoms with E-state index in [2.05, 4.69) is 0 Å². The molecule has 0 aromatic heterocycles. The van der Waals surface area contributed by atoms with Gasteiger partial charge in [-0.1, -0.05) is 25.1 Å². The van der Waals surface area contributed by atoms with Gasteiger partial charge in [-0.2, -0.15) is 5.06 Å². The van der Waals surface area contributed by atoms with Crippen LogP contribution in [-0.4, -0.2) is 19.1 Å². The van der Waals surface area contributed by atoms with Gasteiger partial charge in [0.2, 0.25) is 0 Å². The average molecular weight is 264 g/mol. The van der Waals surface area contributed by atoms with Crippen LogP contribution in [-0.2, 0) is 16.1 Å². The molecule has 0 bridgehead atoms. The van der Waals surface area contributed by atoms with Crippen LogP contribution in [0.4, 0.5) is 10.1 Å². The van der Waals surface area contributed by atoms with Crippen LogP contribution >= 0.6 is 0 Å². The molecule has 1 unspecified atom stereocenters. The first-order valence-electron chi connectivity index (χ1n) is 6.20. The molecule has 19 heavy (non-hydrogen) atoms. The number of hydroxylamine groups is 1. The van der Waals surface area contributed by atoms with E-state index in [9.17, 15) is 9.18 Å². The van der Waals surface area contributed by atoms with Gasteiger partial charge in [-0.15, -0.1) is 0 Å². The van der Waals surface area contributed by atoms with E-state index in [-0.39, 0.29) is 25.0 Å². The summed E-state index contributed by atoms with van der Waals surface area (Å²) in [5.74, 6) is -0.264. The first kappa shape index (κ1) is 13.7. The predicted molar refractivity (Wildman–Crippen MR) is 71.0 cm³/mol. The second-order valence-corrected chi connectivity index (χ2v) is 4.61. The molecule has 102 valence electrons. The number of rotatable bonds is 4. The molecule has 5 heteroatoms. The van der Waals surface area contributed by atoms with E-state index in [0.29, 0.717) is 18.3 Å². The number of hydrogen-bond donors (Lipinski definition) is 1. The molecule has 2 N–H and O–H groups in total. The van der Waals surface area contributed by atoms with Crippen molar-refractivity contribution in [3.8, 4) is 0 Å². The average Bonchev–Trinajstić information content (AvgIpc) is 2.43. The van der Waals surface area contributed by atoms with Gasteiger partial charge in [0, 0.05) is 12.5 Å². The van der Waals surface area contributed by atoms with Crippen LogP contribution in [0.15, 0.2) is 36.2 Å². The highest BCUT2D eigenvalue weighted by molar-refractivity contribution is 5.96. The third kappa shape index (κ3) is 2.83. The van der Waals surface area contributed by atoms with Gasteiger partial charge in [0.05, 0.1) is 12.0 Å². The number of carbonyl (C=O) groups is 1. The summed E-state index contributed by atoms with van der Waals surface area (Å²) in [4.78, 5) is 17.6. The van der Waals surface area contributed by atoms with Crippen molar-refractivity contribution in [1.29, 1.82) is 0 Å². The molecule has 0 saturated heterocycles. The fourth-order valence-corrected chi connectivity index (χ4v) is 2.03. The molecular weight excluding hydrogens is 247 g/mol. The summed E-state index contributed by atoms with van der Waals surface area (Å²) in [6.07, 6.45) is 1.11. The van der Waals surface area contributed by atoms with Gasteiger partial charge in [0.15, 0.2) is 0 Å². The van der Waals surface area contributed by atoms with Gasteiger partial charge in [0.25, 0.3) is 5.91 Å². The van der Waals surface area contributed by atoms with Crippen LogP contribution in [0.25, 0.3) is 0 Å². The van der Waals surface area contributed by atoms with Crippen molar-refractivity contribution in [2.45, 2.75) is 13.3 Å². The summed E-state index contributed by atoms with van der Waals surface area (Å²) < 4.78 is 12.5. The van der Waals surface area contributed by atoms with Crippen LogP contribution < -0.4 is 10.8 Å².